The van der Waals surface area contributed by atoms with Gasteiger partial charge in [0.2, 0.25) is 6.79 Å². The topological polar surface area (TPSA) is 135 Å². The molecule has 190 valence electrons. The smallest absolute Gasteiger partial charge is 0.339 e. The Morgan fingerprint density at radius 3 is 2.14 bits per heavy atom. The van der Waals surface area contributed by atoms with E-state index in [1.807, 2.05) is 0 Å². The molecule has 0 aliphatic carbocycles. The van der Waals surface area contributed by atoms with E-state index in [4.69, 9.17) is 18.9 Å². The predicted octanol–water partition coefficient (Wildman–Crippen LogP) is 3.41. The lowest BCUT2D eigenvalue weighted by Crippen LogP contribution is -2.36. The molecule has 1 aliphatic heterocycles. The number of esters is 3. The van der Waals surface area contributed by atoms with Crippen molar-refractivity contribution in [3.8, 4) is 0 Å². The first-order valence-electron chi connectivity index (χ1n) is 10.7. The summed E-state index contributed by atoms with van der Waals surface area (Å²) in [5, 5.41) is 11.4. The molecule has 0 saturated carbocycles. The van der Waals surface area contributed by atoms with Gasteiger partial charge in [-0.15, -0.1) is 0 Å². The van der Waals surface area contributed by atoms with Gasteiger partial charge in [0.15, 0.2) is 0 Å². The number of hydrogen-bond donors (Lipinski definition) is 0. The quantitative estimate of drug-likeness (QED) is 0.231. The lowest BCUT2D eigenvalue weighted by molar-refractivity contribution is -0.384. The summed E-state index contributed by atoms with van der Waals surface area (Å²) in [4.78, 5) is 50.7. The van der Waals surface area contributed by atoms with E-state index in [2.05, 4.69) is 0 Å². The van der Waals surface area contributed by atoms with Gasteiger partial charge in [-0.05, 0) is 40.2 Å². The number of ether oxygens (including phenoxy) is 4. The molecule has 2 rings (SSSR count). The average Bonchev–Trinajstić information content (AvgIpc) is 2.80. The maximum absolute atomic E-state index is 13.3. The highest BCUT2D eigenvalue weighted by Gasteiger charge is 2.41. The molecule has 0 N–H and O–H groups in total. The van der Waals surface area contributed by atoms with Crippen LogP contribution in [0.2, 0.25) is 0 Å². The van der Waals surface area contributed by atoms with Gasteiger partial charge in [-0.1, -0.05) is 12.1 Å². The second-order valence-corrected chi connectivity index (χ2v) is 8.85. The number of allylic oxidation sites excluding steroid dienone is 2. The van der Waals surface area contributed by atoms with Crippen molar-refractivity contribution in [2.75, 3.05) is 27.7 Å². The van der Waals surface area contributed by atoms with Gasteiger partial charge in [0.25, 0.3) is 5.69 Å². The molecule has 0 unspecified atom stereocenters. The number of methoxy groups -OCH3 is 2. The fourth-order valence-corrected chi connectivity index (χ4v) is 3.65. The van der Waals surface area contributed by atoms with Crippen molar-refractivity contribution < 1.29 is 38.3 Å². The summed E-state index contributed by atoms with van der Waals surface area (Å²) >= 11 is 0. The molecule has 1 aliphatic rings. The summed E-state index contributed by atoms with van der Waals surface area (Å²) in [5.74, 6) is -3.20. The Morgan fingerprint density at radius 1 is 1.03 bits per heavy atom. The zero-order valence-electron chi connectivity index (χ0n) is 20.9. The number of carbonyl (C=O) groups is 3. The zero-order valence-corrected chi connectivity index (χ0v) is 20.9. The molecule has 1 heterocycles. The minimum atomic E-state index is -1.04. The Kier molecular flexibility index (Phi) is 8.75. The van der Waals surface area contributed by atoms with Crippen LogP contribution in [-0.2, 0) is 33.3 Å². The van der Waals surface area contributed by atoms with Crippen LogP contribution in [0, 0.1) is 15.5 Å². The SMILES string of the molecule is COCN1C(C)=C(C(=O)OC)[C@H](c2cccc([N+](=O)[O-])c2)C(C(=O)OCOC(=O)C(C)(C)C)=C1C. The van der Waals surface area contributed by atoms with E-state index in [0.29, 0.717) is 17.0 Å². The van der Waals surface area contributed by atoms with Crippen molar-refractivity contribution in [3.05, 3.63) is 62.5 Å². The third-order valence-corrected chi connectivity index (χ3v) is 5.46. The number of benzene rings is 1. The largest absolute Gasteiger partial charge is 0.466 e. The van der Waals surface area contributed by atoms with Crippen LogP contribution < -0.4 is 0 Å². The summed E-state index contributed by atoms with van der Waals surface area (Å²) in [7, 11) is 2.65. The van der Waals surface area contributed by atoms with Crippen LogP contribution >= 0.6 is 0 Å². The average molecular weight is 491 g/mol. The molecule has 0 amide bonds. The second kappa shape index (κ2) is 11.1. The number of nitro benzene ring substituents is 1. The van der Waals surface area contributed by atoms with Crippen molar-refractivity contribution in [2.45, 2.75) is 40.5 Å². The molecule has 1 aromatic carbocycles. The van der Waals surface area contributed by atoms with Gasteiger partial charge < -0.3 is 23.8 Å². The predicted molar refractivity (Wildman–Crippen MR) is 123 cm³/mol. The van der Waals surface area contributed by atoms with E-state index >= 15 is 0 Å². The van der Waals surface area contributed by atoms with Gasteiger partial charge in [0.05, 0.1) is 34.5 Å². The molecular weight excluding hydrogens is 460 g/mol. The Bertz CT molecular complexity index is 1080. The molecule has 0 bridgehead atoms. The normalized spacial score (nSPS) is 16.2. The summed E-state index contributed by atoms with van der Waals surface area (Å²) in [6, 6.07) is 5.62. The molecular formula is C24H30N2O9. The van der Waals surface area contributed by atoms with Crippen molar-refractivity contribution in [1.29, 1.82) is 0 Å². The van der Waals surface area contributed by atoms with Crippen LogP contribution in [-0.4, -0.2) is 55.5 Å². The van der Waals surface area contributed by atoms with Crippen LogP contribution in [0.4, 0.5) is 5.69 Å². The molecule has 0 aromatic heterocycles. The van der Waals surface area contributed by atoms with Crippen molar-refractivity contribution in [1.82, 2.24) is 4.90 Å². The fraction of sp³-hybridized carbons (Fsp3) is 0.458. The Balaban J connectivity index is 2.62. The van der Waals surface area contributed by atoms with Crippen LogP contribution in [0.15, 0.2) is 46.8 Å². The van der Waals surface area contributed by atoms with E-state index in [9.17, 15) is 24.5 Å². The third-order valence-electron chi connectivity index (χ3n) is 5.46. The van der Waals surface area contributed by atoms with E-state index in [1.54, 1.807) is 45.6 Å². The highest BCUT2D eigenvalue weighted by molar-refractivity contribution is 6.00. The molecule has 11 nitrogen and oxygen atoms in total. The van der Waals surface area contributed by atoms with Crippen LogP contribution in [0.25, 0.3) is 0 Å². The number of hydrogen-bond acceptors (Lipinski definition) is 10. The van der Waals surface area contributed by atoms with Gasteiger partial charge in [0, 0.05) is 30.6 Å². The minimum absolute atomic E-state index is 0.00953. The van der Waals surface area contributed by atoms with E-state index in [0.717, 1.165) is 0 Å². The Hall–Kier alpha value is -3.73. The zero-order chi connectivity index (χ0) is 26.5. The highest BCUT2D eigenvalue weighted by atomic mass is 16.7. The van der Waals surface area contributed by atoms with Crippen molar-refractivity contribution >= 4 is 23.6 Å². The number of rotatable bonds is 8. The Morgan fingerprint density at radius 2 is 1.63 bits per heavy atom. The molecule has 0 fully saturated rings. The summed E-state index contributed by atoms with van der Waals surface area (Å²) in [5.41, 5.74) is 0.270. The lowest BCUT2D eigenvalue weighted by atomic mass is 9.79. The first-order chi connectivity index (χ1) is 16.3. The molecule has 11 heteroatoms. The highest BCUT2D eigenvalue weighted by Crippen LogP contribution is 2.43. The van der Waals surface area contributed by atoms with Crippen LogP contribution in [0.3, 0.4) is 0 Å². The Labute approximate surface area is 203 Å². The molecule has 35 heavy (non-hydrogen) atoms. The van der Waals surface area contributed by atoms with E-state index in [1.165, 1.54) is 32.4 Å². The van der Waals surface area contributed by atoms with Gasteiger partial charge in [0.1, 0.15) is 6.73 Å². The number of nitrogens with zero attached hydrogens (tertiary/aromatic N) is 2. The molecule has 0 saturated heterocycles. The summed E-state index contributed by atoms with van der Waals surface area (Å²) < 4.78 is 20.5. The van der Waals surface area contributed by atoms with Crippen molar-refractivity contribution in [2.24, 2.45) is 5.41 Å². The van der Waals surface area contributed by atoms with E-state index in [-0.39, 0.29) is 23.6 Å². The first-order valence-corrected chi connectivity index (χ1v) is 10.7. The van der Waals surface area contributed by atoms with Crippen LogP contribution in [0.1, 0.15) is 46.1 Å². The molecule has 1 aromatic rings. The van der Waals surface area contributed by atoms with Crippen molar-refractivity contribution in [3.63, 3.8) is 0 Å². The minimum Gasteiger partial charge on any atom is -0.466 e. The fourth-order valence-electron chi connectivity index (χ4n) is 3.65. The second-order valence-electron chi connectivity index (χ2n) is 8.85. The maximum atomic E-state index is 13.3. The van der Waals surface area contributed by atoms with Crippen LogP contribution in [0.5, 0.6) is 0 Å². The van der Waals surface area contributed by atoms with Gasteiger partial charge in [-0.3, -0.25) is 14.9 Å². The molecule has 0 radical (unpaired) electrons. The number of nitro groups is 1. The number of carbonyl (C=O) groups excluding carboxylic acids is 3. The lowest BCUT2D eigenvalue weighted by Gasteiger charge is -2.37. The standard InChI is InChI=1S/C24H30N2O9/c1-14-18(21(27)33-7)20(16-9-8-10-17(11-16)26(30)31)19(15(2)25(14)12-32-6)22(28)34-13-35-23(29)24(3,4)5/h8-11,20H,12-13H2,1-7H3/t20-/m0/s1. The molecule has 1 atom stereocenters. The van der Waals surface area contributed by atoms with E-state index < -0.39 is 41.0 Å². The van der Waals surface area contributed by atoms with Gasteiger partial charge >= 0.3 is 17.9 Å². The summed E-state index contributed by atoms with van der Waals surface area (Å²) in [6.45, 7) is 7.63. The number of non-ortho nitro benzene ring substituents is 1. The van der Waals surface area contributed by atoms with Gasteiger partial charge in [-0.2, -0.15) is 0 Å². The third kappa shape index (κ3) is 6.04. The first kappa shape index (κ1) is 27.5. The summed E-state index contributed by atoms with van der Waals surface area (Å²) in [6.07, 6.45) is 0. The maximum Gasteiger partial charge on any atom is 0.339 e. The molecule has 0 spiro atoms. The van der Waals surface area contributed by atoms with Gasteiger partial charge in [-0.25, -0.2) is 9.59 Å². The monoisotopic (exact) mass is 490 g/mol.